The number of methoxy groups -OCH3 is 1. The summed E-state index contributed by atoms with van der Waals surface area (Å²) in [6.07, 6.45) is 0. The van der Waals surface area contributed by atoms with Crippen molar-refractivity contribution in [2.24, 2.45) is 0 Å². The van der Waals surface area contributed by atoms with Gasteiger partial charge >= 0.3 is 0 Å². The van der Waals surface area contributed by atoms with Gasteiger partial charge in [0.25, 0.3) is 5.91 Å². The highest BCUT2D eigenvalue weighted by atomic mass is 32.1. The second-order valence-corrected chi connectivity index (χ2v) is 7.51. The van der Waals surface area contributed by atoms with Crippen molar-refractivity contribution in [3.8, 4) is 11.3 Å². The van der Waals surface area contributed by atoms with E-state index >= 15 is 0 Å². The molecule has 2 aromatic carbocycles. The van der Waals surface area contributed by atoms with Crippen molar-refractivity contribution in [1.82, 2.24) is 4.98 Å². The van der Waals surface area contributed by atoms with Crippen molar-refractivity contribution in [3.05, 3.63) is 70.3 Å². The smallest absolute Gasteiger partial charge is 0.293 e. The number of para-hydroxylation sites is 1. The Bertz CT molecular complexity index is 1160. The fourth-order valence-electron chi connectivity index (χ4n) is 3.19. The lowest BCUT2D eigenvalue weighted by atomic mass is 10.0. The highest BCUT2D eigenvalue weighted by molar-refractivity contribution is 7.14. The van der Waals surface area contributed by atoms with Crippen LogP contribution in [0.5, 0.6) is 0 Å². The lowest BCUT2D eigenvalue weighted by Crippen LogP contribution is -2.13. The standard InChI is InChI=1S/C22H20N2O3S/c1-13-8-9-14(2)16(10-13)18-12-28-22(23-18)24-21(25)20-17(11-26-3)15-6-4-5-7-19(15)27-20/h4-10,12H,11H2,1-3H3,(H,23,24,25). The maximum atomic E-state index is 12.9. The molecule has 28 heavy (non-hydrogen) atoms. The first-order chi connectivity index (χ1) is 13.6. The van der Waals surface area contributed by atoms with Crippen LogP contribution in [0, 0.1) is 13.8 Å². The summed E-state index contributed by atoms with van der Waals surface area (Å²) in [5.41, 5.74) is 5.64. The van der Waals surface area contributed by atoms with Crippen molar-refractivity contribution < 1.29 is 13.9 Å². The highest BCUT2D eigenvalue weighted by Crippen LogP contribution is 2.30. The van der Waals surface area contributed by atoms with Gasteiger partial charge in [0, 0.05) is 29.0 Å². The summed E-state index contributed by atoms with van der Waals surface area (Å²) in [4.78, 5) is 17.4. The third-order valence-electron chi connectivity index (χ3n) is 4.59. The lowest BCUT2D eigenvalue weighted by molar-refractivity contribution is 0.0992. The van der Waals surface area contributed by atoms with Crippen molar-refractivity contribution in [3.63, 3.8) is 0 Å². The number of hydrogen-bond donors (Lipinski definition) is 1. The number of carbonyl (C=O) groups excluding carboxylic acids is 1. The molecule has 142 valence electrons. The Balaban J connectivity index is 1.63. The molecular weight excluding hydrogens is 372 g/mol. The van der Waals surface area contributed by atoms with Gasteiger partial charge in [-0.2, -0.15) is 0 Å². The minimum absolute atomic E-state index is 0.256. The van der Waals surface area contributed by atoms with E-state index in [1.807, 2.05) is 29.6 Å². The normalized spacial score (nSPS) is 11.1. The second kappa shape index (κ2) is 7.58. The SMILES string of the molecule is COCc1c(C(=O)Nc2nc(-c3cc(C)ccc3C)cs2)oc2ccccc12. The Labute approximate surface area is 167 Å². The topological polar surface area (TPSA) is 64.4 Å². The fourth-order valence-corrected chi connectivity index (χ4v) is 3.90. The molecule has 6 heteroatoms. The van der Waals surface area contributed by atoms with Crippen LogP contribution < -0.4 is 5.32 Å². The van der Waals surface area contributed by atoms with E-state index in [1.165, 1.54) is 16.9 Å². The molecule has 0 aliphatic rings. The van der Waals surface area contributed by atoms with Gasteiger partial charge in [-0.15, -0.1) is 11.3 Å². The molecule has 2 aromatic heterocycles. The van der Waals surface area contributed by atoms with Gasteiger partial charge in [-0.25, -0.2) is 4.98 Å². The van der Waals surface area contributed by atoms with E-state index in [4.69, 9.17) is 9.15 Å². The summed E-state index contributed by atoms with van der Waals surface area (Å²) in [5.74, 6) is -0.0725. The van der Waals surface area contributed by atoms with Crippen molar-refractivity contribution in [2.45, 2.75) is 20.5 Å². The van der Waals surface area contributed by atoms with Gasteiger partial charge in [-0.1, -0.05) is 35.9 Å². The summed E-state index contributed by atoms with van der Waals surface area (Å²) >= 11 is 1.39. The predicted molar refractivity (Wildman–Crippen MR) is 112 cm³/mol. The van der Waals surface area contributed by atoms with Gasteiger partial charge in [-0.3, -0.25) is 10.1 Å². The van der Waals surface area contributed by atoms with Crippen LogP contribution in [0.2, 0.25) is 0 Å². The summed E-state index contributed by atoms with van der Waals surface area (Å²) in [6, 6.07) is 13.8. The first-order valence-electron chi connectivity index (χ1n) is 8.90. The fraction of sp³-hybridized carbons (Fsp3) is 0.182. The van der Waals surface area contributed by atoms with Gasteiger partial charge in [0.2, 0.25) is 0 Å². The third-order valence-corrected chi connectivity index (χ3v) is 5.34. The molecule has 4 rings (SSSR count). The number of hydrogen-bond acceptors (Lipinski definition) is 5. The summed E-state index contributed by atoms with van der Waals surface area (Å²) in [7, 11) is 1.60. The molecule has 0 saturated heterocycles. The molecule has 1 N–H and O–H groups in total. The van der Waals surface area contributed by atoms with E-state index < -0.39 is 0 Å². The Morgan fingerprint density at radius 2 is 2.04 bits per heavy atom. The average molecular weight is 392 g/mol. The molecule has 2 heterocycles. The van der Waals surface area contributed by atoms with Gasteiger partial charge in [0.1, 0.15) is 5.58 Å². The quantitative estimate of drug-likeness (QED) is 0.482. The zero-order chi connectivity index (χ0) is 19.7. The van der Waals surface area contributed by atoms with Gasteiger partial charge < -0.3 is 9.15 Å². The Morgan fingerprint density at radius 1 is 1.21 bits per heavy atom. The molecule has 0 atom stereocenters. The molecule has 0 radical (unpaired) electrons. The summed E-state index contributed by atoms with van der Waals surface area (Å²) in [5, 5.41) is 6.22. The Hall–Kier alpha value is -2.96. The van der Waals surface area contributed by atoms with Crippen LogP contribution in [-0.4, -0.2) is 18.0 Å². The number of aryl methyl sites for hydroxylation is 2. The van der Waals surface area contributed by atoms with Gasteiger partial charge in [0.05, 0.1) is 12.3 Å². The molecule has 5 nitrogen and oxygen atoms in total. The molecule has 1 amide bonds. The summed E-state index contributed by atoms with van der Waals surface area (Å²) < 4.78 is 11.1. The zero-order valence-corrected chi connectivity index (χ0v) is 16.7. The molecule has 0 aliphatic carbocycles. The van der Waals surface area contributed by atoms with Crippen LogP contribution in [0.3, 0.4) is 0 Å². The number of aromatic nitrogens is 1. The lowest BCUT2D eigenvalue weighted by Gasteiger charge is -2.04. The van der Waals surface area contributed by atoms with Crippen LogP contribution in [-0.2, 0) is 11.3 Å². The van der Waals surface area contributed by atoms with E-state index in [0.717, 1.165) is 27.8 Å². The molecule has 0 fully saturated rings. The van der Waals surface area contributed by atoms with Crippen LogP contribution in [0.1, 0.15) is 27.2 Å². The highest BCUT2D eigenvalue weighted by Gasteiger charge is 2.21. The van der Waals surface area contributed by atoms with Crippen molar-refractivity contribution in [1.29, 1.82) is 0 Å². The van der Waals surface area contributed by atoms with Crippen LogP contribution in [0.25, 0.3) is 22.2 Å². The maximum absolute atomic E-state index is 12.9. The minimum Gasteiger partial charge on any atom is -0.451 e. The molecule has 0 aliphatic heterocycles. The van der Waals surface area contributed by atoms with Crippen LogP contribution >= 0.6 is 11.3 Å². The van der Waals surface area contributed by atoms with E-state index in [9.17, 15) is 4.79 Å². The maximum Gasteiger partial charge on any atom is 0.293 e. The number of anilines is 1. The largest absolute Gasteiger partial charge is 0.451 e. The Morgan fingerprint density at radius 3 is 2.86 bits per heavy atom. The number of thiazole rings is 1. The van der Waals surface area contributed by atoms with Crippen molar-refractivity contribution in [2.75, 3.05) is 12.4 Å². The number of nitrogens with zero attached hydrogens (tertiary/aromatic N) is 1. The van der Waals surface area contributed by atoms with Gasteiger partial charge in [0.15, 0.2) is 10.9 Å². The third kappa shape index (κ3) is 3.44. The van der Waals surface area contributed by atoms with Crippen LogP contribution in [0.15, 0.2) is 52.3 Å². The number of furan rings is 1. The average Bonchev–Trinajstić information content (AvgIpc) is 3.29. The minimum atomic E-state index is -0.329. The number of fused-ring (bicyclic) bond motifs is 1. The van der Waals surface area contributed by atoms with Crippen LogP contribution in [0.4, 0.5) is 5.13 Å². The first-order valence-corrected chi connectivity index (χ1v) is 9.78. The number of nitrogens with one attached hydrogen (secondary N) is 1. The molecule has 4 aromatic rings. The number of benzene rings is 2. The number of carbonyl (C=O) groups is 1. The molecule has 0 spiro atoms. The van der Waals surface area contributed by atoms with E-state index in [-0.39, 0.29) is 11.7 Å². The van der Waals surface area contributed by atoms with E-state index in [2.05, 4.69) is 42.3 Å². The Kier molecular flexibility index (Phi) is 4.98. The monoisotopic (exact) mass is 392 g/mol. The van der Waals surface area contributed by atoms with E-state index in [0.29, 0.717) is 17.3 Å². The van der Waals surface area contributed by atoms with E-state index in [1.54, 1.807) is 7.11 Å². The number of amides is 1. The second-order valence-electron chi connectivity index (χ2n) is 6.65. The first kappa shape index (κ1) is 18.4. The van der Waals surface area contributed by atoms with Gasteiger partial charge in [-0.05, 0) is 31.5 Å². The molecule has 0 bridgehead atoms. The number of ether oxygens (including phenoxy) is 1. The summed E-state index contributed by atoms with van der Waals surface area (Å²) in [6.45, 7) is 4.40. The molecule has 0 unspecified atom stereocenters. The zero-order valence-electron chi connectivity index (χ0n) is 15.9. The van der Waals surface area contributed by atoms with Crippen molar-refractivity contribution >= 4 is 33.3 Å². The number of rotatable bonds is 5. The molecule has 0 saturated carbocycles. The molecular formula is C22H20N2O3S. The predicted octanol–water partition coefficient (Wildman–Crippen LogP) is 5.57.